The molecule has 2 aliphatic rings. The van der Waals surface area contributed by atoms with Gasteiger partial charge in [-0.3, -0.25) is 9.69 Å². The van der Waals surface area contributed by atoms with Crippen LogP contribution in [-0.2, 0) is 12.1 Å². The Morgan fingerprint density at radius 3 is 2.57 bits per heavy atom. The molecule has 1 aromatic heterocycles. The Balaban J connectivity index is 1.15. The van der Waals surface area contributed by atoms with E-state index in [1.165, 1.54) is 5.56 Å². The van der Waals surface area contributed by atoms with Crippen molar-refractivity contribution in [3.8, 4) is 11.5 Å². The van der Waals surface area contributed by atoms with Crippen LogP contribution in [0.15, 0.2) is 77.2 Å². The highest BCUT2D eigenvalue weighted by Crippen LogP contribution is 2.36. The number of aliphatic hydroxyl groups is 1. The molecule has 7 nitrogen and oxygen atoms in total. The lowest BCUT2D eigenvalue weighted by atomic mass is 9.84. The average molecular weight is 471 g/mol. The van der Waals surface area contributed by atoms with E-state index < -0.39 is 5.60 Å². The quantitative estimate of drug-likeness (QED) is 0.432. The molecule has 2 aliphatic heterocycles. The van der Waals surface area contributed by atoms with Crippen molar-refractivity contribution in [1.82, 2.24) is 4.90 Å². The van der Waals surface area contributed by atoms with Crippen molar-refractivity contribution in [2.45, 2.75) is 25.0 Å². The number of ether oxygens (including phenoxy) is 2. The number of carbonyl (C=O) groups is 1. The van der Waals surface area contributed by atoms with E-state index in [-0.39, 0.29) is 18.5 Å². The second kappa shape index (κ2) is 8.76. The van der Waals surface area contributed by atoms with Crippen LogP contribution in [0.1, 0.15) is 34.5 Å². The predicted molar refractivity (Wildman–Crippen MR) is 132 cm³/mol. The fraction of sp³-hybridized carbons (Fsp3) is 0.250. The van der Waals surface area contributed by atoms with Crippen molar-refractivity contribution in [2.24, 2.45) is 0 Å². The van der Waals surface area contributed by atoms with Gasteiger partial charge < -0.3 is 24.3 Å². The zero-order valence-electron chi connectivity index (χ0n) is 19.2. The number of likely N-dealkylation sites (tertiary alicyclic amines) is 1. The Morgan fingerprint density at radius 1 is 0.943 bits per heavy atom. The summed E-state index contributed by atoms with van der Waals surface area (Å²) in [5.74, 6) is 1.11. The SMILES string of the molecule is O=C(Nc1ccc2c(c1)OCO2)c1cc2cc(C3(O)CCN(Cc4ccccc4)CC3)ccc2o1. The minimum absolute atomic E-state index is 0.177. The molecule has 1 fully saturated rings. The predicted octanol–water partition coefficient (Wildman–Crippen LogP) is 4.90. The Bertz CT molecular complexity index is 1370. The normalized spacial score (nSPS) is 16.9. The van der Waals surface area contributed by atoms with Gasteiger partial charge in [0.2, 0.25) is 6.79 Å². The lowest BCUT2D eigenvalue weighted by Gasteiger charge is -2.38. The maximum absolute atomic E-state index is 12.8. The molecular formula is C28H26N2O5. The molecule has 3 aromatic carbocycles. The molecule has 0 aliphatic carbocycles. The van der Waals surface area contributed by atoms with Crippen LogP contribution in [0.2, 0.25) is 0 Å². The van der Waals surface area contributed by atoms with Gasteiger partial charge in [0.1, 0.15) is 5.58 Å². The smallest absolute Gasteiger partial charge is 0.291 e. The zero-order chi connectivity index (χ0) is 23.8. The molecule has 7 heteroatoms. The third-order valence-electron chi connectivity index (χ3n) is 6.84. The van der Waals surface area contributed by atoms with Gasteiger partial charge in [-0.05, 0) is 54.3 Å². The number of amides is 1. The van der Waals surface area contributed by atoms with Crippen LogP contribution in [-0.4, -0.2) is 35.8 Å². The van der Waals surface area contributed by atoms with Gasteiger partial charge in [-0.25, -0.2) is 0 Å². The highest BCUT2D eigenvalue weighted by atomic mass is 16.7. The number of carbonyl (C=O) groups excluding carboxylic acids is 1. The van der Waals surface area contributed by atoms with Gasteiger partial charge in [0, 0.05) is 36.8 Å². The second-order valence-electron chi connectivity index (χ2n) is 9.18. The Hall–Kier alpha value is -3.81. The summed E-state index contributed by atoms with van der Waals surface area (Å²) in [4.78, 5) is 15.2. The van der Waals surface area contributed by atoms with E-state index >= 15 is 0 Å². The van der Waals surface area contributed by atoms with E-state index in [0.717, 1.165) is 30.6 Å². The molecule has 35 heavy (non-hydrogen) atoms. The fourth-order valence-electron chi connectivity index (χ4n) is 4.82. The number of benzene rings is 3. The second-order valence-corrected chi connectivity index (χ2v) is 9.18. The number of hydrogen-bond acceptors (Lipinski definition) is 6. The molecule has 0 saturated carbocycles. The van der Waals surface area contributed by atoms with Gasteiger partial charge in [-0.2, -0.15) is 0 Å². The minimum Gasteiger partial charge on any atom is -0.454 e. The molecule has 2 N–H and O–H groups in total. The number of hydrogen-bond donors (Lipinski definition) is 2. The van der Waals surface area contributed by atoms with Gasteiger partial charge >= 0.3 is 0 Å². The summed E-state index contributed by atoms with van der Waals surface area (Å²) in [5, 5.41) is 15.0. The molecule has 178 valence electrons. The van der Waals surface area contributed by atoms with E-state index in [1.54, 1.807) is 24.3 Å². The van der Waals surface area contributed by atoms with Gasteiger partial charge in [-0.1, -0.05) is 36.4 Å². The van der Waals surface area contributed by atoms with Crippen molar-refractivity contribution in [3.63, 3.8) is 0 Å². The number of nitrogens with one attached hydrogen (secondary N) is 1. The van der Waals surface area contributed by atoms with Crippen LogP contribution in [0.3, 0.4) is 0 Å². The summed E-state index contributed by atoms with van der Waals surface area (Å²) < 4.78 is 16.5. The number of furan rings is 1. The van der Waals surface area contributed by atoms with Crippen molar-refractivity contribution in [2.75, 3.05) is 25.2 Å². The van der Waals surface area contributed by atoms with Gasteiger partial charge in [0.05, 0.1) is 5.60 Å². The van der Waals surface area contributed by atoms with E-state index in [9.17, 15) is 9.90 Å². The first kappa shape index (κ1) is 21.7. The van der Waals surface area contributed by atoms with Gasteiger partial charge in [-0.15, -0.1) is 0 Å². The topological polar surface area (TPSA) is 84.2 Å². The molecule has 4 aromatic rings. The first-order valence-electron chi connectivity index (χ1n) is 11.8. The first-order chi connectivity index (χ1) is 17.1. The van der Waals surface area contributed by atoms with Crippen molar-refractivity contribution in [3.05, 3.63) is 89.7 Å². The largest absolute Gasteiger partial charge is 0.454 e. The molecule has 3 heterocycles. The zero-order valence-corrected chi connectivity index (χ0v) is 19.2. The molecule has 6 rings (SSSR count). The van der Waals surface area contributed by atoms with Gasteiger partial charge in [0.25, 0.3) is 5.91 Å². The third-order valence-corrected chi connectivity index (χ3v) is 6.84. The lowest BCUT2D eigenvalue weighted by molar-refractivity contribution is -0.0276. The summed E-state index contributed by atoms with van der Waals surface area (Å²) in [7, 11) is 0. The summed E-state index contributed by atoms with van der Waals surface area (Å²) in [6, 6.07) is 23.0. The highest BCUT2D eigenvalue weighted by Gasteiger charge is 2.34. The number of anilines is 1. The number of nitrogens with zero attached hydrogens (tertiary/aromatic N) is 1. The number of piperidine rings is 1. The van der Waals surface area contributed by atoms with Crippen LogP contribution in [0, 0.1) is 0 Å². The Kier molecular flexibility index (Phi) is 5.43. The molecule has 1 amide bonds. The van der Waals surface area contributed by atoms with Crippen LogP contribution >= 0.6 is 0 Å². The molecule has 0 radical (unpaired) electrons. The molecule has 1 saturated heterocycles. The summed E-state index contributed by atoms with van der Waals surface area (Å²) >= 11 is 0. The first-order valence-corrected chi connectivity index (χ1v) is 11.8. The molecule has 0 atom stereocenters. The Morgan fingerprint density at radius 2 is 1.74 bits per heavy atom. The van der Waals surface area contributed by atoms with E-state index in [1.807, 2.05) is 24.3 Å². The molecule has 0 bridgehead atoms. The number of rotatable bonds is 5. The molecule has 0 unspecified atom stereocenters. The van der Waals surface area contributed by atoms with Crippen LogP contribution in [0.25, 0.3) is 11.0 Å². The standard InChI is InChI=1S/C28H26N2O5/c31-27(29-22-7-9-24-25(16-22)34-18-33-24)26-15-20-14-21(6-8-23(20)35-26)28(32)10-12-30(13-11-28)17-19-4-2-1-3-5-19/h1-9,14-16,32H,10-13,17-18H2,(H,29,31). The highest BCUT2D eigenvalue weighted by molar-refractivity contribution is 6.04. The van der Waals surface area contributed by atoms with E-state index in [0.29, 0.717) is 35.6 Å². The molecular weight excluding hydrogens is 444 g/mol. The maximum Gasteiger partial charge on any atom is 0.291 e. The van der Waals surface area contributed by atoms with Crippen molar-refractivity contribution in [1.29, 1.82) is 0 Å². The summed E-state index contributed by atoms with van der Waals surface area (Å²) in [6.45, 7) is 2.70. The van der Waals surface area contributed by atoms with E-state index in [4.69, 9.17) is 13.9 Å². The molecule has 0 spiro atoms. The van der Waals surface area contributed by atoms with Crippen molar-refractivity contribution < 1.29 is 23.8 Å². The van der Waals surface area contributed by atoms with Crippen LogP contribution in [0.5, 0.6) is 11.5 Å². The fourth-order valence-corrected chi connectivity index (χ4v) is 4.82. The van der Waals surface area contributed by atoms with Crippen LogP contribution < -0.4 is 14.8 Å². The third kappa shape index (κ3) is 4.36. The minimum atomic E-state index is -0.895. The summed E-state index contributed by atoms with van der Waals surface area (Å²) in [5.41, 5.74) is 2.44. The maximum atomic E-state index is 12.8. The lowest BCUT2D eigenvalue weighted by Crippen LogP contribution is -2.42. The Labute approximate surface area is 202 Å². The van der Waals surface area contributed by atoms with Crippen molar-refractivity contribution >= 4 is 22.6 Å². The monoisotopic (exact) mass is 470 g/mol. The van der Waals surface area contributed by atoms with E-state index in [2.05, 4.69) is 34.5 Å². The average Bonchev–Trinajstić information content (AvgIpc) is 3.52. The van der Waals surface area contributed by atoms with Gasteiger partial charge in [0.15, 0.2) is 17.3 Å². The van der Waals surface area contributed by atoms with Crippen LogP contribution in [0.4, 0.5) is 5.69 Å². The summed E-state index contributed by atoms with van der Waals surface area (Å²) in [6.07, 6.45) is 1.31. The number of fused-ring (bicyclic) bond motifs is 2.